The van der Waals surface area contributed by atoms with Gasteiger partial charge in [-0.1, -0.05) is 24.3 Å². The van der Waals surface area contributed by atoms with E-state index < -0.39 is 0 Å². The van der Waals surface area contributed by atoms with Gasteiger partial charge in [0.25, 0.3) is 0 Å². The Morgan fingerprint density at radius 3 is 2.21 bits per heavy atom. The van der Waals surface area contributed by atoms with Gasteiger partial charge in [0.05, 0.1) is 7.11 Å². The Bertz CT molecular complexity index is 544. The highest BCUT2D eigenvalue weighted by atomic mass is 16.5. The first kappa shape index (κ1) is 13.1. The van der Waals surface area contributed by atoms with Crippen LogP contribution >= 0.6 is 0 Å². The summed E-state index contributed by atoms with van der Waals surface area (Å²) in [4.78, 5) is 11.2. The van der Waals surface area contributed by atoms with Crippen LogP contribution < -0.4 is 10.1 Å². The van der Waals surface area contributed by atoms with Crippen molar-refractivity contribution >= 4 is 11.5 Å². The minimum Gasteiger partial charge on any atom is -0.497 e. The van der Waals surface area contributed by atoms with Crippen molar-refractivity contribution in [3.05, 3.63) is 59.7 Å². The molecule has 0 aliphatic heterocycles. The van der Waals surface area contributed by atoms with E-state index in [4.69, 9.17) is 4.74 Å². The molecule has 0 amide bonds. The molecule has 0 unspecified atom stereocenters. The normalized spacial score (nSPS) is 10.0. The molecule has 19 heavy (non-hydrogen) atoms. The van der Waals surface area contributed by atoms with Gasteiger partial charge in [0, 0.05) is 17.8 Å². The molecule has 1 N–H and O–H groups in total. The Morgan fingerprint density at radius 1 is 1.05 bits per heavy atom. The summed E-state index contributed by atoms with van der Waals surface area (Å²) in [6.07, 6.45) is 0. The molecule has 3 nitrogen and oxygen atoms in total. The third kappa shape index (κ3) is 3.58. The maximum absolute atomic E-state index is 11.2. The van der Waals surface area contributed by atoms with E-state index in [1.54, 1.807) is 14.0 Å². The van der Waals surface area contributed by atoms with E-state index in [0.29, 0.717) is 0 Å². The van der Waals surface area contributed by atoms with Gasteiger partial charge in [-0.25, -0.2) is 0 Å². The van der Waals surface area contributed by atoms with Gasteiger partial charge >= 0.3 is 0 Å². The zero-order chi connectivity index (χ0) is 13.7. The second-order valence-electron chi connectivity index (χ2n) is 4.34. The summed E-state index contributed by atoms with van der Waals surface area (Å²) < 4.78 is 5.11. The highest BCUT2D eigenvalue weighted by Gasteiger charge is 1.99. The standard InChI is InChI=1S/C16H17NO2/c1-12(18)14-5-3-13(4-6-14)11-17-15-7-9-16(19-2)10-8-15/h3-10,17H,11H2,1-2H3. The Kier molecular flexibility index (Phi) is 4.18. The van der Waals surface area contributed by atoms with Crippen LogP contribution in [0, 0.1) is 0 Å². The zero-order valence-corrected chi connectivity index (χ0v) is 11.1. The fraction of sp³-hybridized carbons (Fsp3) is 0.188. The monoisotopic (exact) mass is 255 g/mol. The minimum atomic E-state index is 0.0923. The number of benzene rings is 2. The third-order valence-corrected chi connectivity index (χ3v) is 2.95. The van der Waals surface area contributed by atoms with Crippen LogP contribution in [0.15, 0.2) is 48.5 Å². The molecule has 98 valence electrons. The number of carbonyl (C=O) groups is 1. The van der Waals surface area contributed by atoms with E-state index in [1.165, 1.54) is 0 Å². The lowest BCUT2D eigenvalue weighted by atomic mass is 10.1. The molecule has 0 aliphatic carbocycles. The SMILES string of the molecule is COc1ccc(NCc2ccc(C(C)=O)cc2)cc1. The average Bonchev–Trinajstić information content (AvgIpc) is 2.46. The molecule has 2 aromatic carbocycles. The Hall–Kier alpha value is -2.29. The molecular weight excluding hydrogens is 238 g/mol. The second kappa shape index (κ2) is 6.05. The molecule has 0 fully saturated rings. The molecule has 0 heterocycles. The first-order chi connectivity index (χ1) is 9.19. The van der Waals surface area contributed by atoms with E-state index in [2.05, 4.69) is 5.32 Å². The molecule has 2 rings (SSSR count). The number of nitrogens with one attached hydrogen (secondary N) is 1. The topological polar surface area (TPSA) is 38.3 Å². The van der Waals surface area contributed by atoms with Crippen LogP contribution in [0.25, 0.3) is 0 Å². The lowest BCUT2D eigenvalue weighted by molar-refractivity contribution is 0.101. The predicted octanol–water partition coefficient (Wildman–Crippen LogP) is 3.51. The van der Waals surface area contributed by atoms with E-state index in [1.807, 2.05) is 48.5 Å². The summed E-state index contributed by atoms with van der Waals surface area (Å²) >= 11 is 0. The highest BCUT2D eigenvalue weighted by molar-refractivity contribution is 5.94. The number of anilines is 1. The maximum Gasteiger partial charge on any atom is 0.159 e. The third-order valence-electron chi connectivity index (χ3n) is 2.95. The molecule has 0 aliphatic rings. The van der Waals surface area contributed by atoms with Crippen molar-refractivity contribution in [2.24, 2.45) is 0 Å². The van der Waals surface area contributed by atoms with Gasteiger partial charge < -0.3 is 10.1 Å². The van der Waals surface area contributed by atoms with Crippen LogP contribution in [0.1, 0.15) is 22.8 Å². The van der Waals surface area contributed by atoms with Crippen LogP contribution in [0.4, 0.5) is 5.69 Å². The van der Waals surface area contributed by atoms with Gasteiger partial charge in [0.2, 0.25) is 0 Å². The lowest BCUT2D eigenvalue weighted by Crippen LogP contribution is -2.00. The largest absolute Gasteiger partial charge is 0.497 e. The second-order valence-corrected chi connectivity index (χ2v) is 4.34. The number of hydrogen-bond acceptors (Lipinski definition) is 3. The van der Waals surface area contributed by atoms with Gasteiger partial charge in [-0.3, -0.25) is 4.79 Å². The first-order valence-electron chi connectivity index (χ1n) is 6.17. The van der Waals surface area contributed by atoms with Gasteiger partial charge in [0.1, 0.15) is 5.75 Å². The van der Waals surface area contributed by atoms with E-state index >= 15 is 0 Å². The number of ether oxygens (including phenoxy) is 1. The van der Waals surface area contributed by atoms with E-state index in [9.17, 15) is 4.79 Å². The van der Waals surface area contributed by atoms with Crippen LogP contribution in [-0.4, -0.2) is 12.9 Å². The average molecular weight is 255 g/mol. The van der Waals surface area contributed by atoms with Crippen molar-refractivity contribution < 1.29 is 9.53 Å². The van der Waals surface area contributed by atoms with Gasteiger partial charge in [-0.15, -0.1) is 0 Å². The molecule has 0 saturated heterocycles. The molecule has 0 spiro atoms. The number of rotatable bonds is 5. The van der Waals surface area contributed by atoms with Crippen molar-refractivity contribution in [3.8, 4) is 5.75 Å². The van der Waals surface area contributed by atoms with Crippen LogP contribution in [-0.2, 0) is 6.54 Å². The highest BCUT2D eigenvalue weighted by Crippen LogP contribution is 2.16. The minimum absolute atomic E-state index is 0.0923. The fourth-order valence-electron chi connectivity index (χ4n) is 1.77. The number of methoxy groups -OCH3 is 1. The molecule has 3 heteroatoms. The van der Waals surface area contributed by atoms with Crippen molar-refractivity contribution in [2.45, 2.75) is 13.5 Å². The number of ketones is 1. The van der Waals surface area contributed by atoms with E-state index in [0.717, 1.165) is 29.1 Å². The van der Waals surface area contributed by atoms with Gasteiger partial charge in [-0.2, -0.15) is 0 Å². The van der Waals surface area contributed by atoms with E-state index in [-0.39, 0.29) is 5.78 Å². The fourth-order valence-corrected chi connectivity index (χ4v) is 1.77. The molecule has 0 aromatic heterocycles. The summed E-state index contributed by atoms with van der Waals surface area (Å²) in [5.41, 5.74) is 2.92. The van der Waals surface area contributed by atoms with Crippen LogP contribution in [0.3, 0.4) is 0 Å². The smallest absolute Gasteiger partial charge is 0.159 e. The molecule has 0 saturated carbocycles. The molecular formula is C16H17NO2. The molecule has 0 bridgehead atoms. The lowest BCUT2D eigenvalue weighted by Gasteiger charge is -2.08. The Labute approximate surface area is 113 Å². The van der Waals surface area contributed by atoms with Crippen LogP contribution in [0.2, 0.25) is 0 Å². The molecule has 2 aromatic rings. The number of carbonyl (C=O) groups excluding carboxylic acids is 1. The number of hydrogen-bond donors (Lipinski definition) is 1. The maximum atomic E-state index is 11.2. The first-order valence-corrected chi connectivity index (χ1v) is 6.17. The summed E-state index contributed by atoms with van der Waals surface area (Å²) in [6.45, 7) is 2.30. The Morgan fingerprint density at radius 2 is 1.68 bits per heavy atom. The van der Waals surface area contributed by atoms with Gasteiger partial charge in [0.15, 0.2) is 5.78 Å². The summed E-state index contributed by atoms with van der Waals surface area (Å²) in [7, 11) is 1.65. The predicted molar refractivity (Wildman–Crippen MR) is 76.8 cm³/mol. The quantitative estimate of drug-likeness (QED) is 0.831. The zero-order valence-electron chi connectivity index (χ0n) is 11.1. The molecule has 0 radical (unpaired) electrons. The van der Waals surface area contributed by atoms with Crippen molar-refractivity contribution in [1.29, 1.82) is 0 Å². The molecule has 0 atom stereocenters. The van der Waals surface area contributed by atoms with Crippen molar-refractivity contribution in [1.82, 2.24) is 0 Å². The van der Waals surface area contributed by atoms with Crippen molar-refractivity contribution in [2.75, 3.05) is 12.4 Å². The Balaban J connectivity index is 1.95. The van der Waals surface area contributed by atoms with Crippen LogP contribution in [0.5, 0.6) is 5.75 Å². The summed E-state index contributed by atoms with van der Waals surface area (Å²) in [6, 6.07) is 15.4. The number of Topliss-reactive ketones (excluding diaryl/α,β-unsaturated/α-hetero) is 1. The van der Waals surface area contributed by atoms with Crippen molar-refractivity contribution in [3.63, 3.8) is 0 Å². The van der Waals surface area contributed by atoms with Gasteiger partial charge in [-0.05, 0) is 36.8 Å². The summed E-state index contributed by atoms with van der Waals surface area (Å²) in [5.74, 6) is 0.936. The summed E-state index contributed by atoms with van der Waals surface area (Å²) in [5, 5.41) is 3.32.